The zero-order valence-electron chi connectivity index (χ0n) is 37.4. The van der Waals surface area contributed by atoms with Crippen LogP contribution in [-0.2, 0) is 41.6 Å². The van der Waals surface area contributed by atoms with E-state index < -0.39 is 71.7 Å². The van der Waals surface area contributed by atoms with Crippen molar-refractivity contribution in [2.75, 3.05) is 19.6 Å². The molecule has 0 aliphatic carbocycles. The van der Waals surface area contributed by atoms with Gasteiger partial charge >= 0.3 is 0 Å². The predicted molar refractivity (Wildman–Crippen MR) is 250 cm³/mol. The van der Waals surface area contributed by atoms with Crippen molar-refractivity contribution in [3.63, 3.8) is 0 Å². The Morgan fingerprint density at radius 3 is 1.21 bits per heavy atom. The maximum Gasteiger partial charge on any atom is 0.243 e. The molecule has 6 amide bonds. The number of aliphatic imine (C=N–C) groups is 3. The largest absolute Gasteiger partial charge is 0.508 e. The first-order chi connectivity index (χ1) is 31.1. The minimum Gasteiger partial charge on any atom is -0.508 e. The number of amides is 6. The van der Waals surface area contributed by atoms with Gasteiger partial charge in [0, 0.05) is 32.5 Å². The predicted octanol–water partition coefficient (Wildman–Crippen LogP) is -3.67. The van der Waals surface area contributed by atoms with Crippen LogP contribution in [0, 0.1) is 5.92 Å². The highest BCUT2D eigenvalue weighted by Crippen LogP contribution is 2.15. The van der Waals surface area contributed by atoms with E-state index in [0.29, 0.717) is 17.5 Å². The average Bonchev–Trinajstić information content (AvgIpc) is 3.24. The molecule has 0 bridgehead atoms. The summed E-state index contributed by atoms with van der Waals surface area (Å²) in [5.41, 5.74) is 45.7. The summed E-state index contributed by atoms with van der Waals surface area (Å²) in [6.07, 6.45) is 0.904. The summed E-state index contributed by atoms with van der Waals surface area (Å²) < 4.78 is 0. The Bertz CT molecular complexity index is 1980. The number of nitrogens with zero attached hydrogens (tertiary/aromatic N) is 3. The lowest BCUT2D eigenvalue weighted by Crippen LogP contribution is -2.60. The zero-order valence-corrected chi connectivity index (χ0v) is 37.4. The Morgan fingerprint density at radius 1 is 0.485 bits per heavy atom. The standard InChI is InChI=1S/C42H68N16O8/c1-23(2)20-32(38(65)54-29(7-4-18-52-41(47)48)36(63)56-31(34(44)61)21-24-9-13-26(59)14-10-24)58-37(64)30(8-5-19-53-42(49)50)55-39(66)33(22-25-11-15-27(60)16-12-25)57-35(62)28(43)6-3-17-51-40(45)46/h9-16,23,28-33,59-60H,3-8,17-22,43H2,1-2H3,(H2,44,61)(H,54,65)(H,55,66)(H,56,63)(H,57,62)(H,58,64)(H4,45,46,51)(H4,47,48,52)(H4,49,50,53)/t28-,29-,30-,31-,32-,33-/m0/s1. The maximum atomic E-state index is 14.2. The molecule has 6 atom stereocenters. The van der Waals surface area contributed by atoms with Crippen molar-refractivity contribution >= 4 is 53.3 Å². The monoisotopic (exact) mass is 925 g/mol. The van der Waals surface area contributed by atoms with Crippen LogP contribution in [0.2, 0.25) is 0 Å². The molecule has 0 aliphatic rings. The van der Waals surface area contributed by atoms with E-state index in [1.807, 2.05) is 13.8 Å². The number of phenols is 2. The molecule has 0 saturated carbocycles. The average molecular weight is 925 g/mol. The molecule has 2 rings (SSSR count). The van der Waals surface area contributed by atoms with E-state index in [4.69, 9.17) is 45.9 Å². The molecule has 0 fully saturated rings. The van der Waals surface area contributed by atoms with Gasteiger partial charge < -0.3 is 82.7 Å². The fourth-order valence-corrected chi connectivity index (χ4v) is 6.43. The Hall–Kier alpha value is -7.37. The number of phenolic OH excluding ortho intramolecular Hbond substituents is 2. The quantitative estimate of drug-likeness (QED) is 0.0212. The highest BCUT2D eigenvalue weighted by Gasteiger charge is 2.33. The highest BCUT2D eigenvalue weighted by molar-refractivity contribution is 5.96. The van der Waals surface area contributed by atoms with Crippen LogP contribution >= 0.6 is 0 Å². The number of hydrogen-bond donors (Lipinski definition) is 15. The van der Waals surface area contributed by atoms with Crippen LogP contribution in [0.1, 0.15) is 69.9 Å². The van der Waals surface area contributed by atoms with E-state index in [-0.39, 0.29) is 106 Å². The number of carbonyl (C=O) groups excluding carboxylic acids is 6. The number of nitrogens with two attached hydrogens (primary N) is 8. The second kappa shape index (κ2) is 28.4. The smallest absolute Gasteiger partial charge is 0.243 e. The van der Waals surface area contributed by atoms with Gasteiger partial charge in [-0.2, -0.15) is 0 Å². The van der Waals surface area contributed by atoms with Gasteiger partial charge in [0.15, 0.2) is 17.9 Å². The first kappa shape index (κ1) is 54.8. The van der Waals surface area contributed by atoms with Gasteiger partial charge in [0.05, 0.1) is 6.04 Å². The van der Waals surface area contributed by atoms with Crippen LogP contribution in [0.15, 0.2) is 63.5 Å². The molecule has 0 spiro atoms. The molecule has 0 aliphatic heterocycles. The lowest BCUT2D eigenvalue weighted by Gasteiger charge is -2.28. The first-order valence-corrected chi connectivity index (χ1v) is 21.4. The molecule has 24 heteroatoms. The minimum absolute atomic E-state index is 0.00106. The van der Waals surface area contributed by atoms with Crippen LogP contribution in [0.3, 0.4) is 0 Å². The lowest BCUT2D eigenvalue weighted by molar-refractivity contribution is -0.135. The summed E-state index contributed by atoms with van der Waals surface area (Å²) in [5, 5.41) is 32.9. The minimum atomic E-state index is -1.31. The molecular formula is C42H68N16O8. The van der Waals surface area contributed by atoms with Crippen molar-refractivity contribution in [2.24, 2.45) is 66.8 Å². The summed E-state index contributed by atoms with van der Waals surface area (Å²) in [7, 11) is 0. The van der Waals surface area contributed by atoms with E-state index in [0.717, 1.165) is 0 Å². The molecular weight excluding hydrogens is 857 g/mol. The van der Waals surface area contributed by atoms with Crippen LogP contribution < -0.4 is 72.5 Å². The number of benzene rings is 2. The van der Waals surface area contributed by atoms with Gasteiger partial charge in [0.25, 0.3) is 0 Å². The Labute approximate surface area is 383 Å². The summed E-state index contributed by atoms with van der Waals surface area (Å²) in [6, 6.07) is 4.52. The highest BCUT2D eigenvalue weighted by atomic mass is 16.3. The van der Waals surface area contributed by atoms with E-state index in [1.165, 1.54) is 24.3 Å². The van der Waals surface area contributed by atoms with Gasteiger partial charge in [0.2, 0.25) is 35.4 Å². The molecule has 24 nitrogen and oxygen atoms in total. The van der Waals surface area contributed by atoms with Crippen molar-refractivity contribution in [1.82, 2.24) is 26.6 Å². The van der Waals surface area contributed by atoms with Gasteiger partial charge in [-0.15, -0.1) is 0 Å². The molecule has 0 aromatic heterocycles. The van der Waals surface area contributed by atoms with Crippen LogP contribution in [-0.4, -0.2) is 119 Å². The third-order valence-corrected chi connectivity index (χ3v) is 9.85. The number of primary amides is 1. The first-order valence-electron chi connectivity index (χ1n) is 21.4. The normalized spacial score (nSPS) is 13.6. The van der Waals surface area contributed by atoms with Crippen LogP contribution in [0.4, 0.5) is 0 Å². The van der Waals surface area contributed by atoms with Crippen molar-refractivity contribution in [1.29, 1.82) is 0 Å². The molecule has 23 N–H and O–H groups in total. The molecule has 0 heterocycles. The third-order valence-electron chi connectivity index (χ3n) is 9.85. The fraction of sp³-hybridized carbons (Fsp3) is 0.500. The Balaban J connectivity index is 2.42. The number of guanidine groups is 3. The Morgan fingerprint density at radius 2 is 0.818 bits per heavy atom. The summed E-state index contributed by atoms with van der Waals surface area (Å²) in [6.45, 7) is 4.02. The number of rotatable bonds is 29. The van der Waals surface area contributed by atoms with E-state index in [1.54, 1.807) is 24.3 Å². The zero-order chi connectivity index (χ0) is 49.3. The van der Waals surface area contributed by atoms with Crippen molar-refractivity contribution in [3.8, 4) is 11.5 Å². The molecule has 66 heavy (non-hydrogen) atoms. The van der Waals surface area contributed by atoms with Crippen LogP contribution in [0.5, 0.6) is 11.5 Å². The SMILES string of the molecule is CC(C)C[C@H](NC(=O)[C@H](CCCN=C(N)N)NC(=O)[C@H](Cc1ccc(O)cc1)NC(=O)[C@@H](N)CCCN=C(N)N)C(=O)N[C@@H](CCCN=C(N)N)C(=O)N[C@@H](Cc1ccc(O)cc1)C(N)=O. The number of nitrogens with one attached hydrogen (secondary N) is 5. The van der Waals surface area contributed by atoms with Crippen molar-refractivity contribution in [2.45, 2.75) is 108 Å². The second-order valence-corrected chi connectivity index (χ2v) is 16.0. The Kier molecular flexibility index (Phi) is 23.6. The van der Waals surface area contributed by atoms with E-state index in [2.05, 4.69) is 41.6 Å². The molecule has 2 aromatic carbocycles. The number of aromatic hydroxyl groups is 2. The molecule has 0 radical (unpaired) electrons. The molecule has 0 saturated heterocycles. The summed E-state index contributed by atoms with van der Waals surface area (Å²) in [5.74, 6) is -5.30. The molecule has 2 aromatic rings. The van der Waals surface area contributed by atoms with Crippen molar-refractivity contribution < 1.29 is 39.0 Å². The summed E-state index contributed by atoms with van der Waals surface area (Å²) >= 11 is 0. The number of carbonyl (C=O) groups is 6. The lowest BCUT2D eigenvalue weighted by atomic mass is 10.00. The third kappa shape index (κ3) is 21.8. The molecule has 364 valence electrons. The topological polar surface area (TPSA) is 448 Å². The fourth-order valence-electron chi connectivity index (χ4n) is 6.43. The van der Waals surface area contributed by atoms with E-state index >= 15 is 0 Å². The second-order valence-electron chi connectivity index (χ2n) is 16.0. The van der Waals surface area contributed by atoms with Crippen LogP contribution in [0.25, 0.3) is 0 Å². The maximum absolute atomic E-state index is 14.2. The van der Waals surface area contributed by atoms with Gasteiger partial charge in [-0.3, -0.25) is 43.7 Å². The summed E-state index contributed by atoms with van der Waals surface area (Å²) in [4.78, 5) is 93.8. The van der Waals surface area contributed by atoms with Gasteiger partial charge in [-0.1, -0.05) is 38.1 Å². The van der Waals surface area contributed by atoms with Crippen molar-refractivity contribution in [3.05, 3.63) is 59.7 Å². The van der Waals surface area contributed by atoms with Gasteiger partial charge in [0.1, 0.15) is 41.7 Å². The number of hydrogen-bond acceptors (Lipinski definition) is 12. The molecule has 0 unspecified atom stereocenters. The van der Waals surface area contributed by atoms with E-state index in [9.17, 15) is 39.0 Å². The van der Waals surface area contributed by atoms with Gasteiger partial charge in [-0.05, 0) is 86.3 Å². The van der Waals surface area contributed by atoms with Gasteiger partial charge in [-0.25, -0.2) is 0 Å².